The third-order valence-corrected chi connectivity index (χ3v) is 5.28. The van der Waals surface area contributed by atoms with E-state index in [1.165, 1.54) is 0 Å². The van der Waals surface area contributed by atoms with Crippen LogP contribution < -0.4 is 5.73 Å². The Morgan fingerprint density at radius 3 is 2.30 bits per heavy atom. The molecule has 0 amide bonds. The van der Waals surface area contributed by atoms with Crippen molar-refractivity contribution >= 4 is 27.2 Å². The highest BCUT2D eigenvalue weighted by atomic mass is 32.2. The van der Waals surface area contributed by atoms with Crippen molar-refractivity contribution in [3.8, 4) is 0 Å². The fourth-order valence-corrected chi connectivity index (χ4v) is 3.96. The van der Waals surface area contributed by atoms with Gasteiger partial charge in [0.05, 0.1) is 10.7 Å². The monoisotopic (exact) mass is 313 g/mol. The first-order chi connectivity index (χ1) is 9.47. The highest BCUT2D eigenvalue weighted by Gasteiger charge is 2.26. The Labute approximate surface area is 125 Å². The Bertz CT molecular complexity index is 552. The maximum Gasteiger partial charge on any atom is 0.218 e. The van der Waals surface area contributed by atoms with Crippen LogP contribution in [0.25, 0.3) is 0 Å². The van der Waals surface area contributed by atoms with Crippen molar-refractivity contribution in [3.63, 3.8) is 0 Å². The molecule has 0 radical (unpaired) electrons. The van der Waals surface area contributed by atoms with E-state index >= 15 is 0 Å². The lowest BCUT2D eigenvalue weighted by Crippen LogP contribution is -2.50. The first-order valence-corrected chi connectivity index (χ1v) is 8.51. The zero-order valence-corrected chi connectivity index (χ0v) is 12.9. The molecule has 1 aromatic rings. The zero-order chi connectivity index (χ0) is 14.6. The highest BCUT2D eigenvalue weighted by molar-refractivity contribution is 7.88. The van der Waals surface area contributed by atoms with Crippen LogP contribution >= 0.6 is 12.2 Å². The molecule has 20 heavy (non-hydrogen) atoms. The van der Waals surface area contributed by atoms with Gasteiger partial charge in [-0.1, -0.05) is 42.5 Å². The maximum atomic E-state index is 12.3. The van der Waals surface area contributed by atoms with E-state index in [-0.39, 0.29) is 5.75 Å². The SMILES string of the molecule is NC(=S)CN1CCN(S(=O)(=O)Cc2ccccc2)CC1. The van der Waals surface area contributed by atoms with Crippen molar-refractivity contribution in [2.45, 2.75) is 5.75 Å². The van der Waals surface area contributed by atoms with Gasteiger partial charge in [-0.3, -0.25) is 4.90 Å². The van der Waals surface area contributed by atoms with Crippen molar-refractivity contribution < 1.29 is 8.42 Å². The molecule has 110 valence electrons. The number of hydrogen-bond acceptors (Lipinski definition) is 4. The molecule has 1 fully saturated rings. The average Bonchev–Trinajstić information content (AvgIpc) is 2.39. The Kier molecular flexibility index (Phi) is 5.09. The zero-order valence-electron chi connectivity index (χ0n) is 11.2. The van der Waals surface area contributed by atoms with Crippen molar-refractivity contribution in [3.05, 3.63) is 35.9 Å². The lowest BCUT2D eigenvalue weighted by Gasteiger charge is -2.33. The number of benzene rings is 1. The lowest BCUT2D eigenvalue weighted by atomic mass is 10.2. The molecule has 1 saturated heterocycles. The number of nitrogens with two attached hydrogens (primary N) is 1. The number of sulfonamides is 1. The molecular weight excluding hydrogens is 294 g/mol. The molecule has 0 atom stereocenters. The van der Waals surface area contributed by atoms with Gasteiger partial charge in [-0.25, -0.2) is 8.42 Å². The summed E-state index contributed by atoms with van der Waals surface area (Å²) in [5.74, 6) is 0.0587. The second kappa shape index (κ2) is 6.62. The Hall–Kier alpha value is -1.02. The predicted molar refractivity (Wildman–Crippen MR) is 83.9 cm³/mol. The van der Waals surface area contributed by atoms with Gasteiger partial charge in [0.15, 0.2) is 0 Å². The van der Waals surface area contributed by atoms with Crippen LogP contribution in [-0.2, 0) is 15.8 Å². The standard InChI is InChI=1S/C13H19N3O2S2/c14-13(19)10-15-6-8-16(9-7-15)20(17,18)11-12-4-2-1-3-5-12/h1-5H,6-11H2,(H2,14,19). The smallest absolute Gasteiger partial charge is 0.218 e. The summed E-state index contributed by atoms with van der Waals surface area (Å²) in [6.45, 7) is 2.90. The topological polar surface area (TPSA) is 66.6 Å². The first kappa shape index (κ1) is 15.4. The fraction of sp³-hybridized carbons (Fsp3) is 0.462. The third-order valence-electron chi connectivity index (χ3n) is 3.30. The van der Waals surface area contributed by atoms with E-state index in [2.05, 4.69) is 4.90 Å². The van der Waals surface area contributed by atoms with Gasteiger partial charge >= 0.3 is 0 Å². The van der Waals surface area contributed by atoms with Crippen LogP contribution in [0, 0.1) is 0 Å². The second-order valence-electron chi connectivity index (χ2n) is 4.88. The number of piperazine rings is 1. The van der Waals surface area contributed by atoms with E-state index in [1.807, 2.05) is 30.3 Å². The minimum Gasteiger partial charge on any atom is -0.392 e. The number of hydrogen-bond donors (Lipinski definition) is 1. The molecular formula is C13H19N3O2S2. The Balaban J connectivity index is 1.94. The van der Waals surface area contributed by atoms with Gasteiger partial charge in [0.1, 0.15) is 0 Å². The largest absolute Gasteiger partial charge is 0.392 e. The van der Waals surface area contributed by atoms with E-state index in [0.717, 1.165) is 5.56 Å². The molecule has 0 saturated carbocycles. The number of rotatable bonds is 5. The van der Waals surface area contributed by atoms with Gasteiger partial charge in [0.25, 0.3) is 0 Å². The molecule has 1 aliphatic rings. The van der Waals surface area contributed by atoms with Gasteiger partial charge in [0.2, 0.25) is 10.0 Å². The molecule has 0 aromatic heterocycles. The molecule has 0 aliphatic carbocycles. The van der Waals surface area contributed by atoms with E-state index in [4.69, 9.17) is 18.0 Å². The van der Waals surface area contributed by atoms with Crippen LogP contribution in [0.5, 0.6) is 0 Å². The minimum atomic E-state index is -3.25. The summed E-state index contributed by atoms with van der Waals surface area (Å²) in [6.07, 6.45) is 0. The van der Waals surface area contributed by atoms with E-state index in [0.29, 0.717) is 37.7 Å². The molecule has 2 N–H and O–H groups in total. The highest BCUT2D eigenvalue weighted by Crippen LogP contribution is 2.13. The van der Waals surface area contributed by atoms with Crippen molar-refractivity contribution in [1.82, 2.24) is 9.21 Å². The summed E-state index contributed by atoms with van der Waals surface area (Å²) in [5, 5.41) is 0. The summed E-state index contributed by atoms with van der Waals surface area (Å²) >= 11 is 4.87. The van der Waals surface area contributed by atoms with Gasteiger partial charge in [-0.15, -0.1) is 0 Å². The van der Waals surface area contributed by atoms with Crippen LogP contribution in [-0.4, -0.2) is 55.3 Å². The van der Waals surface area contributed by atoms with Crippen LogP contribution in [0.1, 0.15) is 5.56 Å². The lowest BCUT2D eigenvalue weighted by molar-refractivity contribution is 0.209. The van der Waals surface area contributed by atoms with Crippen molar-refractivity contribution in [2.24, 2.45) is 5.73 Å². The molecule has 0 spiro atoms. The van der Waals surface area contributed by atoms with E-state index < -0.39 is 10.0 Å². The summed E-state index contributed by atoms with van der Waals surface area (Å²) in [5.41, 5.74) is 6.32. The summed E-state index contributed by atoms with van der Waals surface area (Å²) in [7, 11) is -3.25. The Morgan fingerprint density at radius 2 is 1.75 bits per heavy atom. The van der Waals surface area contributed by atoms with E-state index in [1.54, 1.807) is 4.31 Å². The van der Waals surface area contributed by atoms with Gasteiger partial charge in [0, 0.05) is 32.7 Å². The molecule has 1 aromatic carbocycles. The van der Waals surface area contributed by atoms with Gasteiger partial charge < -0.3 is 5.73 Å². The normalized spacial score (nSPS) is 18.0. The molecule has 7 heteroatoms. The van der Waals surface area contributed by atoms with Crippen LogP contribution in [0.4, 0.5) is 0 Å². The van der Waals surface area contributed by atoms with Crippen molar-refractivity contribution in [2.75, 3.05) is 32.7 Å². The fourth-order valence-electron chi connectivity index (χ4n) is 2.26. The quantitative estimate of drug-likeness (QED) is 0.798. The maximum absolute atomic E-state index is 12.3. The van der Waals surface area contributed by atoms with Crippen LogP contribution in [0.2, 0.25) is 0 Å². The van der Waals surface area contributed by atoms with E-state index in [9.17, 15) is 8.42 Å². The first-order valence-electron chi connectivity index (χ1n) is 6.50. The molecule has 0 bridgehead atoms. The van der Waals surface area contributed by atoms with Crippen molar-refractivity contribution in [1.29, 1.82) is 0 Å². The minimum absolute atomic E-state index is 0.0587. The second-order valence-corrected chi connectivity index (χ2v) is 7.38. The average molecular weight is 313 g/mol. The summed E-state index contributed by atoms with van der Waals surface area (Å²) in [6, 6.07) is 9.25. The number of nitrogens with zero attached hydrogens (tertiary/aromatic N) is 2. The molecule has 0 unspecified atom stereocenters. The molecule has 1 heterocycles. The molecule has 5 nitrogen and oxygen atoms in total. The summed E-state index contributed by atoms with van der Waals surface area (Å²) in [4.78, 5) is 2.53. The molecule has 2 rings (SSSR count). The molecule has 1 aliphatic heterocycles. The van der Waals surface area contributed by atoms with Gasteiger partial charge in [-0.2, -0.15) is 4.31 Å². The number of thiocarbonyl (C=S) groups is 1. The van der Waals surface area contributed by atoms with Crippen LogP contribution in [0.15, 0.2) is 30.3 Å². The van der Waals surface area contributed by atoms with Crippen LogP contribution in [0.3, 0.4) is 0 Å². The predicted octanol–water partition coefficient (Wildman–Crippen LogP) is 0.420. The van der Waals surface area contributed by atoms with Gasteiger partial charge in [-0.05, 0) is 5.56 Å². The third kappa shape index (κ3) is 4.24. The summed E-state index contributed by atoms with van der Waals surface area (Å²) < 4.78 is 26.2. The Morgan fingerprint density at radius 1 is 1.15 bits per heavy atom.